The van der Waals surface area contributed by atoms with Gasteiger partial charge >= 0.3 is 6.18 Å². The van der Waals surface area contributed by atoms with Gasteiger partial charge in [-0.15, -0.1) is 0 Å². The summed E-state index contributed by atoms with van der Waals surface area (Å²) in [7, 11) is -4.35. The second kappa shape index (κ2) is 8.09. The van der Waals surface area contributed by atoms with Crippen LogP contribution in [-0.2, 0) is 16.2 Å². The molecule has 4 nitrogen and oxygen atoms in total. The van der Waals surface area contributed by atoms with Crippen molar-refractivity contribution < 1.29 is 35.1 Å². The molecule has 1 aliphatic rings. The molecule has 0 bridgehead atoms. The summed E-state index contributed by atoms with van der Waals surface area (Å²) in [6, 6.07) is 13.7. The summed E-state index contributed by atoms with van der Waals surface area (Å²) in [5.41, 5.74) is -0.253. The predicted octanol–water partition coefficient (Wildman–Crippen LogP) is 5.90. The molecule has 0 spiro atoms. The minimum atomic E-state index is -4.70. The maximum absolute atomic E-state index is 13.2. The average Bonchev–Trinajstić information content (AvgIpc) is 2.78. The Bertz CT molecular complexity index is 1260. The summed E-state index contributed by atoms with van der Waals surface area (Å²) in [5.74, 6) is 0.223. The number of hydrogen-bond donors (Lipinski definition) is 0. The first-order valence-electron chi connectivity index (χ1n) is 9.43. The highest BCUT2D eigenvalue weighted by Gasteiger charge is 2.34. The monoisotopic (exact) mass is 469 g/mol. The average molecular weight is 469 g/mol. The molecular formula is C22H16F5NO3S. The summed E-state index contributed by atoms with van der Waals surface area (Å²) in [4.78, 5) is -0.509. The number of alkyl halides is 5. The molecular weight excluding hydrogens is 453 g/mol. The molecule has 168 valence electrons. The molecule has 0 unspecified atom stereocenters. The van der Waals surface area contributed by atoms with E-state index in [-0.39, 0.29) is 30.2 Å². The van der Waals surface area contributed by atoms with Crippen molar-refractivity contribution in [2.24, 2.45) is 0 Å². The summed E-state index contributed by atoms with van der Waals surface area (Å²) in [6.45, 7) is -0.114. The Hall–Kier alpha value is -3.14. The van der Waals surface area contributed by atoms with Crippen molar-refractivity contribution in [1.29, 1.82) is 0 Å². The second-order valence-electron chi connectivity index (χ2n) is 7.06. The molecule has 0 N–H and O–H groups in total. The van der Waals surface area contributed by atoms with Gasteiger partial charge in [0.25, 0.3) is 16.4 Å². The smallest absolute Gasteiger partial charge is 0.416 e. The molecule has 0 fully saturated rings. The van der Waals surface area contributed by atoms with E-state index in [1.165, 1.54) is 30.3 Å². The van der Waals surface area contributed by atoms with Crippen LogP contribution in [0.3, 0.4) is 0 Å². The van der Waals surface area contributed by atoms with Gasteiger partial charge in [-0.2, -0.15) is 13.2 Å². The minimum absolute atomic E-state index is 0.00536. The highest BCUT2D eigenvalue weighted by Crippen LogP contribution is 2.39. The first kappa shape index (κ1) is 22.1. The number of anilines is 1. The normalized spacial score (nSPS) is 14.2. The van der Waals surface area contributed by atoms with Gasteiger partial charge in [0.2, 0.25) is 0 Å². The van der Waals surface area contributed by atoms with E-state index in [0.717, 1.165) is 22.5 Å². The molecule has 1 heterocycles. The van der Waals surface area contributed by atoms with Crippen LogP contribution in [0.15, 0.2) is 71.6 Å². The van der Waals surface area contributed by atoms with Crippen LogP contribution >= 0.6 is 0 Å². The molecule has 0 aliphatic carbocycles. The minimum Gasteiger partial charge on any atom is -0.489 e. The van der Waals surface area contributed by atoms with Gasteiger partial charge in [0.1, 0.15) is 12.4 Å². The number of fused-ring (bicyclic) bond motifs is 1. The summed E-state index contributed by atoms with van der Waals surface area (Å²) in [6.07, 6.45) is -7.37. The van der Waals surface area contributed by atoms with Crippen LogP contribution in [0.1, 0.15) is 17.6 Å². The van der Waals surface area contributed by atoms with E-state index in [0.29, 0.717) is 17.2 Å². The molecule has 0 amide bonds. The zero-order valence-electron chi connectivity index (χ0n) is 16.3. The number of nitrogens with zero attached hydrogens (tertiary/aromatic N) is 1. The number of rotatable bonds is 4. The van der Waals surface area contributed by atoms with Gasteiger partial charge in [-0.1, -0.05) is 30.3 Å². The Morgan fingerprint density at radius 2 is 1.62 bits per heavy atom. The zero-order chi connectivity index (χ0) is 23.1. The summed E-state index contributed by atoms with van der Waals surface area (Å²) < 4.78 is 98.3. The molecule has 1 aliphatic heterocycles. The van der Waals surface area contributed by atoms with Crippen molar-refractivity contribution in [2.75, 3.05) is 17.5 Å². The number of hydrogen-bond acceptors (Lipinski definition) is 3. The highest BCUT2D eigenvalue weighted by molar-refractivity contribution is 7.92. The van der Waals surface area contributed by atoms with Crippen LogP contribution < -0.4 is 9.04 Å². The Balaban J connectivity index is 1.78. The second-order valence-corrected chi connectivity index (χ2v) is 8.92. The fourth-order valence-electron chi connectivity index (χ4n) is 3.44. The third kappa shape index (κ3) is 4.14. The van der Waals surface area contributed by atoms with Crippen molar-refractivity contribution in [3.8, 4) is 16.9 Å². The topological polar surface area (TPSA) is 46.6 Å². The van der Waals surface area contributed by atoms with Crippen LogP contribution in [0.5, 0.6) is 5.75 Å². The molecule has 0 saturated carbocycles. The molecule has 0 saturated heterocycles. The van der Waals surface area contributed by atoms with Crippen molar-refractivity contribution in [3.05, 3.63) is 77.9 Å². The Morgan fingerprint density at radius 1 is 0.906 bits per heavy atom. The Kier molecular flexibility index (Phi) is 5.58. The molecule has 3 aromatic rings. The van der Waals surface area contributed by atoms with E-state index < -0.39 is 33.1 Å². The highest BCUT2D eigenvalue weighted by atomic mass is 32.2. The van der Waals surface area contributed by atoms with Gasteiger partial charge in [-0.3, -0.25) is 4.31 Å². The number of ether oxygens (including phenoxy) is 1. The maximum atomic E-state index is 13.2. The quantitative estimate of drug-likeness (QED) is 0.447. The van der Waals surface area contributed by atoms with Crippen molar-refractivity contribution in [3.63, 3.8) is 0 Å². The third-order valence-electron chi connectivity index (χ3n) is 5.00. The predicted molar refractivity (Wildman–Crippen MR) is 108 cm³/mol. The van der Waals surface area contributed by atoms with E-state index in [1.54, 1.807) is 12.1 Å². The van der Waals surface area contributed by atoms with Gasteiger partial charge in [0, 0.05) is 5.56 Å². The largest absolute Gasteiger partial charge is 0.489 e. The van der Waals surface area contributed by atoms with E-state index in [1.807, 2.05) is 0 Å². The molecule has 3 aromatic carbocycles. The zero-order valence-corrected chi connectivity index (χ0v) is 17.1. The Morgan fingerprint density at radius 3 is 2.34 bits per heavy atom. The molecule has 10 heteroatoms. The molecule has 32 heavy (non-hydrogen) atoms. The summed E-state index contributed by atoms with van der Waals surface area (Å²) >= 11 is 0. The van der Waals surface area contributed by atoms with Crippen molar-refractivity contribution >= 4 is 15.7 Å². The molecule has 0 atom stereocenters. The van der Waals surface area contributed by atoms with E-state index >= 15 is 0 Å². The van der Waals surface area contributed by atoms with Gasteiger partial charge in [0.15, 0.2) is 0 Å². The van der Waals surface area contributed by atoms with Crippen LogP contribution in [0.25, 0.3) is 11.1 Å². The van der Waals surface area contributed by atoms with Gasteiger partial charge < -0.3 is 4.74 Å². The van der Waals surface area contributed by atoms with Crippen molar-refractivity contribution in [1.82, 2.24) is 0 Å². The molecule has 0 radical (unpaired) electrons. The van der Waals surface area contributed by atoms with E-state index in [9.17, 15) is 30.4 Å². The van der Waals surface area contributed by atoms with Gasteiger partial charge in [0.05, 0.1) is 22.7 Å². The van der Waals surface area contributed by atoms with Crippen LogP contribution in [0.2, 0.25) is 0 Å². The number of benzene rings is 3. The lowest BCUT2D eigenvalue weighted by Gasteiger charge is -2.31. The first-order chi connectivity index (χ1) is 15.1. The fraction of sp³-hybridized carbons (Fsp3) is 0.182. The fourth-order valence-corrected chi connectivity index (χ4v) is 4.93. The summed E-state index contributed by atoms with van der Waals surface area (Å²) in [5, 5.41) is 0. The number of halogens is 5. The van der Waals surface area contributed by atoms with E-state index in [4.69, 9.17) is 4.74 Å². The van der Waals surface area contributed by atoms with E-state index in [2.05, 4.69) is 0 Å². The Labute approximate surface area is 180 Å². The SMILES string of the molecule is O=S(=O)(c1cccc(C(F)(F)F)c1)N1CCOc2ccc(-c3cccc(C(F)F)c3)cc21. The lowest BCUT2D eigenvalue weighted by molar-refractivity contribution is -0.137. The number of sulfonamides is 1. The van der Waals surface area contributed by atoms with Crippen molar-refractivity contribution in [2.45, 2.75) is 17.5 Å². The van der Waals surface area contributed by atoms with Gasteiger partial charge in [-0.05, 0) is 47.5 Å². The van der Waals surface area contributed by atoms with Gasteiger partial charge in [-0.25, -0.2) is 17.2 Å². The lowest BCUT2D eigenvalue weighted by Crippen LogP contribution is -2.38. The lowest BCUT2D eigenvalue weighted by atomic mass is 10.0. The standard InChI is InChI=1S/C22H16F5NO3S/c23-21(24)16-4-1-3-14(11-16)15-7-8-20-19(12-15)28(9-10-31-20)32(29,30)18-6-2-5-17(13-18)22(25,26)27/h1-8,11-13,21H,9-10H2. The van der Waals surface area contributed by atoms with Crippen LogP contribution in [0, 0.1) is 0 Å². The maximum Gasteiger partial charge on any atom is 0.416 e. The third-order valence-corrected chi connectivity index (χ3v) is 6.81. The first-order valence-corrected chi connectivity index (χ1v) is 10.9. The van der Waals surface area contributed by atoms with Crippen LogP contribution in [0.4, 0.5) is 27.6 Å². The molecule has 0 aromatic heterocycles. The molecule has 4 rings (SSSR count). The van der Waals surface area contributed by atoms with Crippen LogP contribution in [-0.4, -0.2) is 21.6 Å².